The standard InChI is InChI=1S/C13H15ClN2OS/c14-11-3-1-10(2-4-11)12-9-18-13(16-12)5-6-15-7-8-17/h1-4,9,15,17H,5-8H2. The first kappa shape index (κ1) is 13.5. The summed E-state index contributed by atoms with van der Waals surface area (Å²) in [6.45, 7) is 1.65. The van der Waals surface area contributed by atoms with E-state index in [9.17, 15) is 0 Å². The molecule has 2 N–H and O–H groups in total. The smallest absolute Gasteiger partial charge is 0.0945 e. The molecule has 18 heavy (non-hydrogen) atoms. The van der Waals surface area contributed by atoms with Crippen LogP contribution >= 0.6 is 22.9 Å². The Labute approximate surface area is 115 Å². The van der Waals surface area contributed by atoms with Crippen LogP contribution in [-0.2, 0) is 6.42 Å². The Morgan fingerprint density at radius 2 is 2.00 bits per heavy atom. The summed E-state index contributed by atoms with van der Waals surface area (Å²) in [5, 5.41) is 15.7. The third-order valence-electron chi connectivity index (χ3n) is 2.50. The third-order valence-corrected chi connectivity index (χ3v) is 3.66. The SMILES string of the molecule is OCCNCCc1nc(-c2ccc(Cl)cc2)cs1. The highest BCUT2D eigenvalue weighted by molar-refractivity contribution is 7.09. The fraction of sp³-hybridized carbons (Fsp3) is 0.308. The number of aliphatic hydroxyl groups is 1. The molecular weight excluding hydrogens is 268 g/mol. The van der Waals surface area contributed by atoms with Crippen LogP contribution < -0.4 is 5.32 Å². The lowest BCUT2D eigenvalue weighted by molar-refractivity contribution is 0.293. The molecule has 96 valence electrons. The van der Waals surface area contributed by atoms with Gasteiger partial charge in [-0.1, -0.05) is 23.7 Å². The van der Waals surface area contributed by atoms with Gasteiger partial charge in [0.2, 0.25) is 0 Å². The van der Waals surface area contributed by atoms with E-state index < -0.39 is 0 Å². The molecule has 2 aromatic rings. The summed E-state index contributed by atoms with van der Waals surface area (Å²) in [5.41, 5.74) is 2.08. The minimum Gasteiger partial charge on any atom is -0.395 e. The summed E-state index contributed by atoms with van der Waals surface area (Å²) < 4.78 is 0. The predicted molar refractivity (Wildman–Crippen MR) is 76.2 cm³/mol. The second-order valence-corrected chi connectivity index (χ2v) is 5.24. The van der Waals surface area contributed by atoms with E-state index in [-0.39, 0.29) is 6.61 Å². The summed E-state index contributed by atoms with van der Waals surface area (Å²) in [6, 6.07) is 7.70. The first-order valence-electron chi connectivity index (χ1n) is 5.81. The Hall–Kier alpha value is -0.940. The van der Waals surface area contributed by atoms with Crippen molar-refractivity contribution in [3.63, 3.8) is 0 Å². The Balaban J connectivity index is 1.95. The maximum Gasteiger partial charge on any atom is 0.0945 e. The van der Waals surface area contributed by atoms with Crippen molar-refractivity contribution < 1.29 is 5.11 Å². The van der Waals surface area contributed by atoms with E-state index in [1.54, 1.807) is 11.3 Å². The number of halogens is 1. The van der Waals surface area contributed by atoms with Crippen molar-refractivity contribution >= 4 is 22.9 Å². The molecule has 2 rings (SSSR count). The first-order valence-corrected chi connectivity index (χ1v) is 7.07. The zero-order valence-corrected chi connectivity index (χ0v) is 11.5. The number of aliphatic hydroxyl groups excluding tert-OH is 1. The highest BCUT2D eigenvalue weighted by Gasteiger charge is 2.04. The van der Waals surface area contributed by atoms with Crippen molar-refractivity contribution in [3.8, 4) is 11.3 Å². The number of nitrogens with zero attached hydrogens (tertiary/aromatic N) is 1. The molecule has 3 nitrogen and oxygen atoms in total. The van der Waals surface area contributed by atoms with Crippen LogP contribution in [-0.4, -0.2) is 29.8 Å². The summed E-state index contributed by atoms with van der Waals surface area (Å²) in [4.78, 5) is 4.58. The minimum absolute atomic E-state index is 0.174. The molecule has 0 saturated heterocycles. The molecule has 0 saturated carbocycles. The second kappa shape index (κ2) is 6.85. The summed E-state index contributed by atoms with van der Waals surface area (Å²) >= 11 is 7.52. The molecule has 0 fully saturated rings. The van der Waals surface area contributed by atoms with Gasteiger partial charge in [-0.25, -0.2) is 4.98 Å². The molecule has 0 unspecified atom stereocenters. The summed E-state index contributed by atoms with van der Waals surface area (Å²) in [6.07, 6.45) is 0.887. The molecule has 0 spiro atoms. The van der Waals surface area contributed by atoms with Gasteiger partial charge in [-0.3, -0.25) is 0 Å². The molecule has 0 amide bonds. The van der Waals surface area contributed by atoms with E-state index in [4.69, 9.17) is 16.7 Å². The normalized spacial score (nSPS) is 10.8. The number of benzene rings is 1. The van der Waals surface area contributed by atoms with E-state index in [0.717, 1.165) is 34.3 Å². The van der Waals surface area contributed by atoms with Crippen LogP contribution in [0.5, 0.6) is 0 Å². The van der Waals surface area contributed by atoms with Crippen LogP contribution in [0.2, 0.25) is 5.02 Å². The van der Waals surface area contributed by atoms with Crippen LogP contribution in [0, 0.1) is 0 Å². The van der Waals surface area contributed by atoms with Gasteiger partial charge in [0.25, 0.3) is 0 Å². The van der Waals surface area contributed by atoms with Gasteiger partial charge in [-0.15, -0.1) is 11.3 Å². The van der Waals surface area contributed by atoms with Crippen molar-refractivity contribution in [2.45, 2.75) is 6.42 Å². The van der Waals surface area contributed by atoms with Crippen LogP contribution in [0.15, 0.2) is 29.6 Å². The molecule has 0 aliphatic carbocycles. The summed E-state index contributed by atoms with van der Waals surface area (Å²) in [5.74, 6) is 0. The third kappa shape index (κ3) is 3.78. The van der Waals surface area contributed by atoms with Gasteiger partial charge >= 0.3 is 0 Å². The predicted octanol–water partition coefficient (Wildman–Crippen LogP) is 2.59. The van der Waals surface area contributed by atoms with E-state index in [1.165, 1.54) is 0 Å². The average molecular weight is 283 g/mol. The van der Waals surface area contributed by atoms with Crippen LogP contribution in [0.25, 0.3) is 11.3 Å². The minimum atomic E-state index is 0.174. The van der Waals surface area contributed by atoms with Crippen molar-refractivity contribution in [2.24, 2.45) is 0 Å². The molecule has 5 heteroatoms. The van der Waals surface area contributed by atoms with Crippen molar-refractivity contribution in [3.05, 3.63) is 39.7 Å². The van der Waals surface area contributed by atoms with Crippen molar-refractivity contribution in [1.82, 2.24) is 10.3 Å². The van der Waals surface area contributed by atoms with Crippen molar-refractivity contribution in [1.29, 1.82) is 0 Å². The van der Waals surface area contributed by atoms with Crippen molar-refractivity contribution in [2.75, 3.05) is 19.7 Å². The Morgan fingerprint density at radius 1 is 1.22 bits per heavy atom. The van der Waals surface area contributed by atoms with Gasteiger partial charge in [0, 0.05) is 35.5 Å². The maximum atomic E-state index is 8.65. The fourth-order valence-corrected chi connectivity index (χ4v) is 2.51. The van der Waals surface area contributed by atoms with Crippen LogP contribution in [0.3, 0.4) is 0 Å². The largest absolute Gasteiger partial charge is 0.395 e. The number of rotatable bonds is 6. The fourth-order valence-electron chi connectivity index (χ4n) is 1.58. The van der Waals surface area contributed by atoms with Gasteiger partial charge in [-0.2, -0.15) is 0 Å². The topological polar surface area (TPSA) is 45.1 Å². The van der Waals surface area contributed by atoms with E-state index >= 15 is 0 Å². The molecule has 1 heterocycles. The molecule has 0 radical (unpaired) electrons. The quantitative estimate of drug-likeness (QED) is 0.801. The molecule has 1 aromatic carbocycles. The van der Waals surface area contributed by atoms with Gasteiger partial charge in [0.05, 0.1) is 17.3 Å². The molecular formula is C13H15ClN2OS. The monoisotopic (exact) mass is 282 g/mol. The van der Waals surface area contributed by atoms with Gasteiger partial charge in [-0.05, 0) is 12.1 Å². The Kier molecular flexibility index (Phi) is 5.13. The van der Waals surface area contributed by atoms with Gasteiger partial charge < -0.3 is 10.4 Å². The lowest BCUT2D eigenvalue weighted by Gasteiger charge is -1.99. The zero-order valence-electron chi connectivity index (χ0n) is 9.90. The maximum absolute atomic E-state index is 8.65. The highest BCUT2D eigenvalue weighted by atomic mass is 35.5. The highest BCUT2D eigenvalue weighted by Crippen LogP contribution is 2.23. The number of aromatic nitrogens is 1. The average Bonchev–Trinajstić information content (AvgIpc) is 2.84. The lowest BCUT2D eigenvalue weighted by atomic mass is 10.2. The second-order valence-electron chi connectivity index (χ2n) is 3.86. The van der Waals surface area contributed by atoms with Gasteiger partial charge in [0.15, 0.2) is 0 Å². The van der Waals surface area contributed by atoms with Crippen LogP contribution in [0.4, 0.5) is 0 Å². The molecule has 0 atom stereocenters. The van der Waals surface area contributed by atoms with E-state index in [0.29, 0.717) is 6.54 Å². The summed E-state index contributed by atoms with van der Waals surface area (Å²) in [7, 11) is 0. The molecule has 0 aliphatic heterocycles. The number of hydrogen-bond donors (Lipinski definition) is 2. The number of nitrogens with one attached hydrogen (secondary N) is 1. The Bertz CT molecular complexity index is 484. The van der Waals surface area contributed by atoms with E-state index in [2.05, 4.69) is 15.7 Å². The number of thiazole rings is 1. The van der Waals surface area contributed by atoms with E-state index in [1.807, 2.05) is 24.3 Å². The van der Waals surface area contributed by atoms with Crippen LogP contribution in [0.1, 0.15) is 5.01 Å². The Morgan fingerprint density at radius 3 is 2.72 bits per heavy atom. The first-order chi connectivity index (χ1) is 8.79. The van der Waals surface area contributed by atoms with Gasteiger partial charge in [0.1, 0.15) is 0 Å². The molecule has 0 aliphatic rings. The lowest BCUT2D eigenvalue weighted by Crippen LogP contribution is -2.20. The zero-order chi connectivity index (χ0) is 12.8. The molecule has 0 bridgehead atoms. The number of hydrogen-bond acceptors (Lipinski definition) is 4. The molecule has 1 aromatic heterocycles.